The number of aliphatic hydroxyl groups excluding tert-OH is 3. The van der Waals surface area contributed by atoms with E-state index in [-0.39, 0.29) is 0 Å². The van der Waals surface area contributed by atoms with Crippen molar-refractivity contribution in [2.24, 2.45) is 0 Å². The van der Waals surface area contributed by atoms with Gasteiger partial charge in [-0.3, -0.25) is 4.79 Å². The molecule has 1 aliphatic heterocycles. The van der Waals surface area contributed by atoms with Gasteiger partial charge < -0.3 is 35.8 Å². The van der Waals surface area contributed by atoms with E-state index in [9.17, 15) is 24.9 Å². The summed E-state index contributed by atoms with van der Waals surface area (Å²) in [5.41, 5.74) is 0.857. The fourth-order valence-corrected chi connectivity index (χ4v) is 3.02. The number of ether oxygens (including phenoxy) is 1. The van der Waals surface area contributed by atoms with Crippen LogP contribution in [0.3, 0.4) is 0 Å². The molecule has 1 heterocycles. The number of hydrogen-bond acceptors (Lipinski definition) is 7. The molecule has 2 rings (SSSR count). The van der Waals surface area contributed by atoms with Crippen LogP contribution in [-0.4, -0.2) is 69.3 Å². The van der Waals surface area contributed by atoms with Crippen LogP contribution >= 0.6 is 11.6 Å². The Bertz CT molecular complexity index is 725. The number of carbonyl (C=O) groups excluding carboxylic acids is 1. The van der Waals surface area contributed by atoms with Crippen LogP contribution in [0, 0.1) is 0 Å². The molecule has 10 heteroatoms. The number of rotatable bonds is 8. The molecule has 0 aliphatic carbocycles. The topological polar surface area (TPSA) is 148 Å². The molecule has 0 radical (unpaired) electrons. The molecule has 0 fully saturated rings. The summed E-state index contributed by atoms with van der Waals surface area (Å²) in [6.45, 7) is 0.814. The van der Waals surface area contributed by atoms with Gasteiger partial charge in [-0.15, -0.1) is 0 Å². The average Bonchev–Trinajstić information content (AvgIpc) is 2.66. The summed E-state index contributed by atoms with van der Waals surface area (Å²) in [5, 5.41) is 44.8. The molecule has 28 heavy (non-hydrogen) atoms. The van der Waals surface area contributed by atoms with Gasteiger partial charge in [0.1, 0.15) is 18.3 Å². The lowest BCUT2D eigenvalue weighted by Crippen LogP contribution is -2.62. The van der Waals surface area contributed by atoms with E-state index in [0.29, 0.717) is 11.6 Å². The van der Waals surface area contributed by atoms with Crippen molar-refractivity contribution in [3.05, 3.63) is 46.7 Å². The zero-order valence-electron chi connectivity index (χ0n) is 15.1. The number of aliphatic hydroxyl groups is 3. The average molecular weight is 415 g/mol. The summed E-state index contributed by atoms with van der Waals surface area (Å²) >= 11 is 5.86. The molecule has 0 aromatic heterocycles. The molecule has 1 aromatic carbocycles. The van der Waals surface area contributed by atoms with Gasteiger partial charge in [0, 0.05) is 18.5 Å². The van der Waals surface area contributed by atoms with E-state index in [1.54, 1.807) is 24.3 Å². The Morgan fingerprint density at radius 3 is 2.43 bits per heavy atom. The molecule has 9 nitrogen and oxygen atoms in total. The standard InChI is InChI=1S/C18H23ClN2O7/c1-9(23)21-15-12(20-7-10-2-4-11(19)5-3-10)6-14(18(26)27)28-17(15)16(25)13(24)8-22/h2-6,12-13,15-17,20,22,24-25H,7-8H2,1H3,(H,21,23)(H,26,27)/t12-,13+,15+,16+,17+/m0/s1. The second kappa shape index (κ2) is 9.85. The van der Waals surface area contributed by atoms with Gasteiger partial charge in [-0.2, -0.15) is 0 Å². The highest BCUT2D eigenvalue weighted by Crippen LogP contribution is 2.23. The van der Waals surface area contributed by atoms with E-state index in [4.69, 9.17) is 21.4 Å². The highest BCUT2D eigenvalue weighted by Gasteiger charge is 2.43. The minimum Gasteiger partial charge on any atom is -0.478 e. The van der Waals surface area contributed by atoms with Crippen molar-refractivity contribution in [2.75, 3.05) is 6.61 Å². The number of halogens is 1. The summed E-state index contributed by atoms with van der Waals surface area (Å²) in [6, 6.07) is 5.35. The van der Waals surface area contributed by atoms with Gasteiger partial charge >= 0.3 is 5.97 Å². The maximum Gasteiger partial charge on any atom is 0.370 e. The van der Waals surface area contributed by atoms with Gasteiger partial charge in [-0.1, -0.05) is 23.7 Å². The van der Waals surface area contributed by atoms with Crippen molar-refractivity contribution in [1.82, 2.24) is 10.6 Å². The van der Waals surface area contributed by atoms with Crippen LogP contribution < -0.4 is 10.6 Å². The predicted octanol–water partition coefficient (Wildman–Crippen LogP) is -0.616. The monoisotopic (exact) mass is 414 g/mol. The maximum absolute atomic E-state index is 11.7. The molecule has 0 unspecified atom stereocenters. The largest absolute Gasteiger partial charge is 0.478 e. The first-order valence-corrected chi connectivity index (χ1v) is 8.94. The van der Waals surface area contributed by atoms with Gasteiger partial charge in [-0.05, 0) is 23.8 Å². The molecule has 0 saturated heterocycles. The molecular formula is C18H23ClN2O7. The minimum atomic E-state index is -1.63. The number of carboxylic acids is 1. The Hall–Kier alpha value is -2.17. The van der Waals surface area contributed by atoms with E-state index in [2.05, 4.69) is 10.6 Å². The molecule has 0 saturated carbocycles. The number of aliphatic carboxylic acids is 1. The third-order valence-electron chi connectivity index (χ3n) is 4.29. The van der Waals surface area contributed by atoms with Crippen LogP contribution in [0.2, 0.25) is 5.02 Å². The summed E-state index contributed by atoms with van der Waals surface area (Å²) in [6.07, 6.45) is -3.23. The molecule has 1 aromatic rings. The molecular weight excluding hydrogens is 392 g/mol. The van der Waals surface area contributed by atoms with Crippen molar-refractivity contribution in [2.45, 2.75) is 43.9 Å². The quantitative estimate of drug-likeness (QED) is 0.330. The van der Waals surface area contributed by atoms with Crippen LogP contribution in [-0.2, 0) is 20.9 Å². The summed E-state index contributed by atoms with van der Waals surface area (Å²) in [7, 11) is 0. The second-order valence-electron chi connectivity index (χ2n) is 6.42. The van der Waals surface area contributed by atoms with Crippen LogP contribution in [0.1, 0.15) is 12.5 Å². The number of carboxylic acid groups (broad SMARTS) is 1. The maximum atomic E-state index is 11.7. The Labute approximate surface area is 166 Å². The first-order chi connectivity index (χ1) is 13.2. The Kier molecular flexibility index (Phi) is 7.78. The third-order valence-corrected chi connectivity index (χ3v) is 4.54. The Morgan fingerprint density at radius 1 is 1.25 bits per heavy atom. The first-order valence-electron chi connectivity index (χ1n) is 8.56. The molecule has 154 valence electrons. The van der Waals surface area contributed by atoms with Crippen molar-refractivity contribution in [3.8, 4) is 0 Å². The summed E-state index contributed by atoms with van der Waals surface area (Å²) in [4.78, 5) is 23.1. The molecule has 5 atom stereocenters. The van der Waals surface area contributed by atoms with Crippen molar-refractivity contribution >= 4 is 23.5 Å². The molecule has 0 spiro atoms. The highest BCUT2D eigenvalue weighted by molar-refractivity contribution is 6.30. The molecule has 1 aliphatic rings. The van der Waals surface area contributed by atoms with Crippen molar-refractivity contribution in [1.29, 1.82) is 0 Å². The van der Waals surface area contributed by atoms with Crippen LogP contribution in [0.5, 0.6) is 0 Å². The minimum absolute atomic E-state index is 0.312. The fourth-order valence-electron chi connectivity index (χ4n) is 2.89. The SMILES string of the molecule is CC(=O)N[C@H]1[C@H]([C@H](O)[C@H](O)CO)OC(C(=O)O)=C[C@@H]1NCc1ccc(Cl)cc1. The lowest BCUT2D eigenvalue weighted by molar-refractivity contribution is -0.146. The fraction of sp³-hybridized carbons (Fsp3) is 0.444. The predicted molar refractivity (Wildman–Crippen MR) is 99.4 cm³/mol. The first kappa shape index (κ1) is 22.1. The van der Waals surface area contributed by atoms with Crippen LogP contribution in [0.15, 0.2) is 36.1 Å². The molecule has 1 amide bonds. The van der Waals surface area contributed by atoms with Gasteiger partial charge in [0.25, 0.3) is 0 Å². The lowest BCUT2D eigenvalue weighted by atomic mass is 9.91. The number of benzene rings is 1. The van der Waals surface area contributed by atoms with E-state index >= 15 is 0 Å². The Morgan fingerprint density at radius 2 is 1.89 bits per heavy atom. The van der Waals surface area contributed by atoms with E-state index in [1.165, 1.54) is 13.0 Å². The number of hydrogen-bond donors (Lipinski definition) is 6. The summed E-state index contributed by atoms with van der Waals surface area (Å²) < 4.78 is 5.31. The second-order valence-corrected chi connectivity index (χ2v) is 6.85. The highest BCUT2D eigenvalue weighted by atomic mass is 35.5. The van der Waals surface area contributed by atoms with Gasteiger partial charge in [-0.25, -0.2) is 4.79 Å². The van der Waals surface area contributed by atoms with Crippen molar-refractivity contribution < 1.29 is 34.8 Å². The molecule has 0 bridgehead atoms. The van der Waals surface area contributed by atoms with E-state index in [0.717, 1.165) is 5.56 Å². The zero-order chi connectivity index (χ0) is 20.8. The normalized spacial score (nSPS) is 23.9. The van der Waals surface area contributed by atoms with E-state index in [1.807, 2.05) is 0 Å². The summed E-state index contributed by atoms with van der Waals surface area (Å²) in [5.74, 6) is -2.24. The van der Waals surface area contributed by atoms with Gasteiger partial charge in [0.15, 0.2) is 0 Å². The third kappa shape index (κ3) is 5.66. The van der Waals surface area contributed by atoms with Crippen molar-refractivity contribution in [3.63, 3.8) is 0 Å². The van der Waals surface area contributed by atoms with Crippen LogP contribution in [0.4, 0.5) is 0 Å². The lowest BCUT2D eigenvalue weighted by Gasteiger charge is -2.40. The number of amides is 1. The smallest absolute Gasteiger partial charge is 0.370 e. The number of carbonyl (C=O) groups is 2. The van der Waals surface area contributed by atoms with E-state index < -0.39 is 54.6 Å². The van der Waals surface area contributed by atoms with Gasteiger partial charge in [0.05, 0.1) is 18.7 Å². The Balaban J connectivity index is 2.29. The molecule has 6 N–H and O–H groups in total. The van der Waals surface area contributed by atoms with Crippen LogP contribution in [0.25, 0.3) is 0 Å². The van der Waals surface area contributed by atoms with Gasteiger partial charge in [0.2, 0.25) is 11.7 Å². The number of nitrogens with one attached hydrogen (secondary N) is 2. The zero-order valence-corrected chi connectivity index (χ0v) is 15.8.